The molecule has 1 aliphatic rings. The zero-order chi connectivity index (χ0) is 13.8. The van der Waals surface area contributed by atoms with Crippen LogP contribution in [0.3, 0.4) is 0 Å². The molecule has 2 atom stereocenters. The van der Waals surface area contributed by atoms with E-state index in [1.54, 1.807) is 6.92 Å². The van der Waals surface area contributed by atoms with Crippen LogP contribution in [0.4, 0.5) is 5.69 Å². The van der Waals surface area contributed by atoms with Crippen molar-refractivity contribution in [3.8, 4) is 0 Å². The molecule has 4 heteroatoms. The molecule has 0 bridgehead atoms. The quantitative estimate of drug-likeness (QED) is 0.893. The molecule has 1 fully saturated rings. The number of rotatable bonds is 4. The van der Waals surface area contributed by atoms with Crippen LogP contribution in [0.15, 0.2) is 22.7 Å². The molecule has 106 valence electrons. The lowest BCUT2D eigenvalue weighted by atomic mass is 9.94. The monoisotopic (exact) mass is 327 g/mol. The highest BCUT2D eigenvalue weighted by Gasteiger charge is 2.20. The van der Waals surface area contributed by atoms with Gasteiger partial charge in [-0.1, -0.05) is 22.0 Å². The third kappa shape index (κ3) is 3.71. The number of aliphatic hydroxyl groups excluding tert-OH is 2. The smallest absolute Gasteiger partial charge is 0.0772 e. The summed E-state index contributed by atoms with van der Waals surface area (Å²) in [6, 6.07) is 6.15. The Morgan fingerprint density at radius 2 is 2.26 bits per heavy atom. The molecule has 1 aromatic carbocycles. The Bertz CT molecular complexity index is 421. The molecule has 0 spiro atoms. The van der Waals surface area contributed by atoms with Crippen LogP contribution in [0, 0.1) is 5.92 Å². The molecule has 1 unspecified atom stereocenters. The normalized spacial score (nSPS) is 21.5. The van der Waals surface area contributed by atoms with Gasteiger partial charge in [0.15, 0.2) is 0 Å². The lowest BCUT2D eigenvalue weighted by Gasteiger charge is -2.34. The number of nitrogens with zero attached hydrogens (tertiary/aromatic N) is 1. The van der Waals surface area contributed by atoms with E-state index < -0.39 is 6.10 Å². The van der Waals surface area contributed by atoms with Crippen molar-refractivity contribution in [1.82, 2.24) is 0 Å². The van der Waals surface area contributed by atoms with E-state index in [-0.39, 0.29) is 6.61 Å². The summed E-state index contributed by atoms with van der Waals surface area (Å²) in [7, 11) is 0. The molecule has 0 saturated carbocycles. The molecule has 0 radical (unpaired) electrons. The Kier molecular flexibility index (Phi) is 5.25. The van der Waals surface area contributed by atoms with Crippen molar-refractivity contribution in [3.63, 3.8) is 0 Å². The highest BCUT2D eigenvalue weighted by atomic mass is 79.9. The van der Waals surface area contributed by atoms with E-state index in [2.05, 4.69) is 33.0 Å². The summed E-state index contributed by atoms with van der Waals surface area (Å²) in [6.07, 6.45) is 2.83. The number of piperidine rings is 1. The second kappa shape index (κ2) is 6.73. The van der Waals surface area contributed by atoms with Crippen LogP contribution in [-0.2, 0) is 0 Å². The predicted molar refractivity (Wildman–Crippen MR) is 81.4 cm³/mol. The topological polar surface area (TPSA) is 43.7 Å². The predicted octanol–water partition coefficient (Wildman–Crippen LogP) is 3.10. The highest BCUT2D eigenvalue weighted by molar-refractivity contribution is 9.10. The molecule has 1 heterocycles. The van der Waals surface area contributed by atoms with Crippen LogP contribution >= 0.6 is 15.9 Å². The van der Waals surface area contributed by atoms with Gasteiger partial charge in [0.2, 0.25) is 0 Å². The maximum atomic E-state index is 9.65. The molecule has 0 aromatic heterocycles. The van der Waals surface area contributed by atoms with Gasteiger partial charge in [-0.2, -0.15) is 0 Å². The van der Waals surface area contributed by atoms with Gasteiger partial charge in [-0.25, -0.2) is 0 Å². The van der Waals surface area contributed by atoms with Gasteiger partial charge >= 0.3 is 0 Å². The van der Waals surface area contributed by atoms with Crippen LogP contribution in [0.5, 0.6) is 0 Å². The first-order valence-electron chi connectivity index (χ1n) is 6.95. The average molecular weight is 328 g/mol. The Hall–Kier alpha value is -0.580. The van der Waals surface area contributed by atoms with Gasteiger partial charge in [-0.05, 0) is 49.8 Å². The molecule has 1 aromatic rings. The molecule has 2 N–H and O–H groups in total. The van der Waals surface area contributed by atoms with Gasteiger partial charge in [-0.15, -0.1) is 0 Å². The first-order chi connectivity index (χ1) is 9.11. The van der Waals surface area contributed by atoms with Gasteiger partial charge in [0, 0.05) is 29.9 Å². The summed E-state index contributed by atoms with van der Waals surface area (Å²) in [5.41, 5.74) is 2.12. The van der Waals surface area contributed by atoms with Crippen molar-refractivity contribution < 1.29 is 10.2 Å². The van der Waals surface area contributed by atoms with Crippen molar-refractivity contribution in [2.45, 2.75) is 32.3 Å². The number of halogens is 1. The van der Waals surface area contributed by atoms with Gasteiger partial charge in [0.05, 0.1) is 6.10 Å². The highest BCUT2D eigenvalue weighted by Crippen LogP contribution is 2.31. The number of hydrogen-bond donors (Lipinski definition) is 2. The van der Waals surface area contributed by atoms with E-state index in [1.807, 2.05) is 6.07 Å². The summed E-state index contributed by atoms with van der Waals surface area (Å²) >= 11 is 3.53. The Morgan fingerprint density at radius 3 is 2.89 bits per heavy atom. The second-order valence-corrected chi connectivity index (χ2v) is 6.20. The van der Waals surface area contributed by atoms with Crippen LogP contribution in [0.2, 0.25) is 0 Å². The third-order valence-corrected chi connectivity index (χ3v) is 4.54. The van der Waals surface area contributed by atoms with Crippen LogP contribution in [-0.4, -0.2) is 29.9 Å². The van der Waals surface area contributed by atoms with Crippen molar-refractivity contribution in [1.29, 1.82) is 0 Å². The number of anilines is 1. The van der Waals surface area contributed by atoms with E-state index in [4.69, 9.17) is 5.11 Å². The SMILES string of the molecule is C[C@H](O)c1ccc(N2CCCC(CCO)C2)cc1Br. The average Bonchev–Trinajstić information content (AvgIpc) is 2.39. The maximum Gasteiger partial charge on any atom is 0.0772 e. The standard InChI is InChI=1S/C15H22BrNO2/c1-11(19)14-5-4-13(9-15(14)16)17-7-2-3-12(10-17)6-8-18/h4-5,9,11-12,18-19H,2-3,6-8,10H2,1H3/t11-,12?/m0/s1. The van der Waals surface area contributed by atoms with Crippen molar-refractivity contribution in [3.05, 3.63) is 28.2 Å². The Morgan fingerprint density at radius 1 is 1.47 bits per heavy atom. The summed E-state index contributed by atoms with van der Waals surface area (Å²) in [6.45, 7) is 4.14. The second-order valence-electron chi connectivity index (χ2n) is 5.35. The minimum atomic E-state index is -0.452. The molecule has 3 nitrogen and oxygen atoms in total. The molecular formula is C15H22BrNO2. The minimum Gasteiger partial charge on any atom is -0.396 e. The van der Waals surface area contributed by atoms with Crippen LogP contribution in [0.1, 0.15) is 37.9 Å². The number of benzene rings is 1. The number of aliphatic hydroxyl groups is 2. The largest absolute Gasteiger partial charge is 0.396 e. The Balaban J connectivity index is 2.11. The first kappa shape index (κ1) is 14.8. The molecule has 2 rings (SSSR count). The van der Waals surface area contributed by atoms with E-state index >= 15 is 0 Å². The summed E-state index contributed by atoms with van der Waals surface area (Å²) < 4.78 is 0.962. The van der Waals surface area contributed by atoms with E-state index in [0.29, 0.717) is 5.92 Å². The van der Waals surface area contributed by atoms with Crippen LogP contribution < -0.4 is 4.90 Å². The third-order valence-electron chi connectivity index (χ3n) is 3.86. The molecule has 0 amide bonds. The zero-order valence-electron chi connectivity index (χ0n) is 11.3. The van der Waals surface area contributed by atoms with E-state index in [9.17, 15) is 5.11 Å². The van der Waals surface area contributed by atoms with Gasteiger partial charge in [-0.3, -0.25) is 0 Å². The molecule has 0 aliphatic carbocycles. The van der Waals surface area contributed by atoms with E-state index in [1.165, 1.54) is 18.5 Å². The summed E-state index contributed by atoms with van der Waals surface area (Å²) in [5.74, 6) is 0.592. The summed E-state index contributed by atoms with van der Waals surface area (Å²) in [4.78, 5) is 2.38. The summed E-state index contributed by atoms with van der Waals surface area (Å²) in [5, 5.41) is 18.7. The van der Waals surface area contributed by atoms with Crippen LogP contribution in [0.25, 0.3) is 0 Å². The van der Waals surface area contributed by atoms with E-state index in [0.717, 1.165) is 29.5 Å². The maximum absolute atomic E-state index is 9.65. The lowest BCUT2D eigenvalue weighted by molar-refractivity contribution is 0.198. The number of hydrogen-bond acceptors (Lipinski definition) is 3. The molecule has 19 heavy (non-hydrogen) atoms. The van der Waals surface area contributed by atoms with Crippen molar-refractivity contribution in [2.24, 2.45) is 5.92 Å². The minimum absolute atomic E-state index is 0.281. The van der Waals surface area contributed by atoms with Crippen molar-refractivity contribution in [2.75, 3.05) is 24.6 Å². The van der Waals surface area contributed by atoms with Gasteiger partial charge in [0.25, 0.3) is 0 Å². The molecule has 1 aliphatic heterocycles. The Labute approximate surface area is 123 Å². The lowest BCUT2D eigenvalue weighted by Crippen LogP contribution is -2.35. The fourth-order valence-corrected chi connectivity index (χ4v) is 3.47. The molecule has 1 saturated heterocycles. The van der Waals surface area contributed by atoms with Crippen molar-refractivity contribution >= 4 is 21.6 Å². The fraction of sp³-hybridized carbons (Fsp3) is 0.600. The van der Waals surface area contributed by atoms with Gasteiger partial charge < -0.3 is 15.1 Å². The fourth-order valence-electron chi connectivity index (χ4n) is 2.77. The molecular weight excluding hydrogens is 306 g/mol. The van der Waals surface area contributed by atoms with Gasteiger partial charge in [0.1, 0.15) is 0 Å². The first-order valence-corrected chi connectivity index (χ1v) is 7.74. The zero-order valence-corrected chi connectivity index (χ0v) is 12.9.